The number of esters is 1. The molecule has 0 spiro atoms. The molecule has 0 saturated carbocycles. The molecule has 98 valence electrons. The normalized spacial score (nSPS) is 10.0. The first-order valence-electron chi connectivity index (χ1n) is 5.93. The summed E-state index contributed by atoms with van der Waals surface area (Å²) in [6.45, 7) is 2.27. The van der Waals surface area contributed by atoms with Crippen LogP contribution in [-0.4, -0.2) is 18.1 Å². The average molecular weight is 257 g/mol. The zero-order chi connectivity index (χ0) is 13.7. The topological polar surface area (TPSA) is 48.4 Å². The average Bonchev–Trinajstić information content (AvgIpc) is 2.46. The standard InChI is InChI=1S/C15H15NO3/c1-11-14(9-8-13(16-11)15(17)18-2)19-10-12-6-4-3-5-7-12/h3-9H,10H2,1-2H3. The number of hydrogen-bond donors (Lipinski definition) is 0. The highest BCUT2D eigenvalue weighted by Crippen LogP contribution is 2.17. The van der Waals surface area contributed by atoms with E-state index in [-0.39, 0.29) is 5.69 Å². The predicted molar refractivity (Wildman–Crippen MR) is 71.1 cm³/mol. The quantitative estimate of drug-likeness (QED) is 0.790. The summed E-state index contributed by atoms with van der Waals surface area (Å²) in [6, 6.07) is 13.2. The van der Waals surface area contributed by atoms with Crippen LogP contribution in [0.3, 0.4) is 0 Å². The van der Waals surface area contributed by atoms with E-state index in [0.717, 1.165) is 5.56 Å². The Morgan fingerprint density at radius 1 is 1.16 bits per heavy atom. The fourth-order valence-corrected chi connectivity index (χ4v) is 1.65. The van der Waals surface area contributed by atoms with Gasteiger partial charge in [0.2, 0.25) is 0 Å². The van der Waals surface area contributed by atoms with Crippen LogP contribution < -0.4 is 4.74 Å². The molecule has 0 aliphatic rings. The van der Waals surface area contributed by atoms with E-state index >= 15 is 0 Å². The minimum atomic E-state index is -0.447. The molecule has 0 saturated heterocycles. The van der Waals surface area contributed by atoms with E-state index < -0.39 is 5.97 Å². The summed E-state index contributed by atoms with van der Waals surface area (Å²) in [5, 5.41) is 0. The van der Waals surface area contributed by atoms with E-state index in [1.54, 1.807) is 19.1 Å². The molecule has 4 heteroatoms. The number of aryl methyl sites for hydroxylation is 1. The van der Waals surface area contributed by atoms with Gasteiger partial charge >= 0.3 is 5.97 Å². The molecule has 0 bridgehead atoms. The maximum atomic E-state index is 11.3. The molecular weight excluding hydrogens is 242 g/mol. The van der Waals surface area contributed by atoms with Crippen molar-refractivity contribution in [1.29, 1.82) is 0 Å². The summed E-state index contributed by atoms with van der Waals surface area (Å²) in [5.41, 5.74) is 2.03. The third-order valence-electron chi connectivity index (χ3n) is 2.67. The number of carbonyl (C=O) groups excluding carboxylic acids is 1. The third kappa shape index (κ3) is 3.31. The van der Waals surface area contributed by atoms with E-state index in [0.29, 0.717) is 18.1 Å². The van der Waals surface area contributed by atoms with E-state index in [1.165, 1.54) is 7.11 Å². The lowest BCUT2D eigenvalue weighted by atomic mass is 10.2. The van der Waals surface area contributed by atoms with Crippen LogP contribution >= 0.6 is 0 Å². The molecule has 0 radical (unpaired) electrons. The van der Waals surface area contributed by atoms with Crippen LogP contribution in [0.5, 0.6) is 5.75 Å². The largest absolute Gasteiger partial charge is 0.487 e. The number of methoxy groups -OCH3 is 1. The van der Waals surface area contributed by atoms with E-state index in [4.69, 9.17) is 4.74 Å². The van der Waals surface area contributed by atoms with Gasteiger partial charge in [0.05, 0.1) is 12.8 Å². The number of rotatable bonds is 4. The summed E-state index contributed by atoms with van der Waals surface area (Å²) < 4.78 is 10.3. The Morgan fingerprint density at radius 3 is 2.53 bits per heavy atom. The molecule has 2 rings (SSSR count). The highest BCUT2D eigenvalue weighted by Gasteiger charge is 2.10. The summed E-state index contributed by atoms with van der Waals surface area (Å²) >= 11 is 0. The Balaban J connectivity index is 2.07. The van der Waals surface area contributed by atoms with Crippen molar-refractivity contribution in [2.75, 3.05) is 7.11 Å². The number of carbonyl (C=O) groups is 1. The lowest BCUT2D eigenvalue weighted by molar-refractivity contribution is 0.0593. The van der Waals surface area contributed by atoms with Crippen LogP contribution in [0.25, 0.3) is 0 Å². The highest BCUT2D eigenvalue weighted by atomic mass is 16.5. The van der Waals surface area contributed by atoms with Crippen LogP contribution in [0.2, 0.25) is 0 Å². The summed E-state index contributed by atoms with van der Waals surface area (Å²) in [4.78, 5) is 15.5. The van der Waals surface area contributed by atoms with Gasteiger partial charge in [-0.3, -0.25) is 0 Å². The second kappa shape index (κ2) is 6.00. The zero-order valence-corrected chi connectivity index (χ0v) is 10.9. The molecule has 0 amide bonds. The smallest absolute Gasteiger partial charge is 0.356 e. The molecule has 2 aromatic rings. The van der Waals surface area contributed by atoms with Gasteiger partial charge in [0.25, 0.3) is 0 Å². The molecule has 1 aromatic carbocycles. The Morgan fingerprint density at radius 2 is 1.89 bits per heavy atom. The first-order valence-corrected chi connectivity index (χ1v) is 5.93. The van der Waals surface area contributed by atoms with E-state index in [2.05, 4.69) is 9.72 Å². The minimum absolute atomic E-state index is 0.284. The van der Waals surface area contributed by atoms with Gasteiger partial charge in [0.15, 0.2) is 0 Å². The summed E-state index contributed by atoms with van der Waals surface area (Å²) in [5.74, 6) is 0.217. The molecule has 0 aliphatic carbocycles. The Bertz CT molecular complexity index is 567. The van der Waals surface area contributed by atoms with Crippen molar-refractivity contribution in [1.82, 2.24) is 4.98 Å². The minimum Gasteiger partial charge on any atom is -0.487 e. The molecule has 0 fully saturated rings. The molecule has 0 atom stereocenters. The third-order valence-corrected chi connectivity index (χ3v) is 2.67. The number of aromatic nitrogens is 1. The van der Waals surface area contributed by atoms with Crippen molar-refractivity contribution < 1.29 is 14.3 Å². The Hall–Kier alpha value is -2.36. The number of benzene rings is 1. The van der Waals surface area contributed by atoms with E-state index in [1.807, 2.05) is 30.3 Å². The van der Waals surface area contributed by atoms with Gasteiger partial charge in [-0.05, 0) is 24.6 Å². The van der Waals surface area contributed by atoms with Crippen LogP contribution in [0.15, 0.2) is 42.5 Å². The van der Waals surface area contributed by atoms with Crippen LogP contribution in [-0.2, 0) is 11.3 Å². The Labute approximate surface area is 112 Å². The fourth-order valence-electron chi connectivity index (χ4n) is 1.65. The van der Waals surface area contributed by atoms with Crippen molar-refractivity contribution >= 4 is 5.97 Å². The van der Waals surface area contributed by atoms with Crippen molar-refractivity contribution in [3.05, 3.63) is 59.4 Å². The van der Waals surface area contributed by atoms with E-state index in [9.17, 15) is 4.79 Å². The maximum Gasteiger partial charge on any atom is 0.356 e. The first-order chi connectivity index (χ1) is 9.20. The van der Waals surface area contributed by atoms with Gasteiger partial charge in [-0.25, -0.2) is 9.78 Å². The lowest BCUT2D eigenvalue weighted by Gasteiger charge is -2.09. The number of nitrogens with zero attached hydrogens (tertiary/aromatic N) is 1. The molecular formula is C15H15NO3. The monoisotopic (exact) mass is 257 g/mol. The van der Waals surface area contributed by atoms with Crippen molar-refractivity contribution in [3.8, 4) is 5.75 Å². The Kier molecular flexibility index (Phi) is 4.13. The number of ether oxygens (including phenoxy) is 2. The molecule has 1 aromatic heterocycles. The molecule has 0 aliphatic heterocycles. The lowest BCUT2D eigenvalue weighted by Crippen LogP contribution is -2.06. The predicted octanol–water partition coefficient (Wildman–Crippen LogP) is 2.76. The van der Waals surface area contributed by atoms with Gasteiger partial charge < -0.3 is 9.47 Å². The van der Waals surface area contributed by atoms with Gasteiger partial charge in [0.1, 0.15) is 18.1 Å². The number of pyridine rings is 1. The van der Waals surface area contributed by atoms with Gasteiger partial charge in [0, 0.05) is 0 Å². The van der Waals surface area contributed by atoms with Crippen molar-refractivity contribution in [3.63, 3.8) is 0 Å². The molecule has 19 heavy (non-hydrogen) atoms. The maximum absolute atomic E-state index is 11.3. The molecule has 1 heterocycles. The molecule has 0 unspecified atom stereocenters. The van der Waals surface area contributed by atoms with Gasteiger partial charge in [-0.2, -0.15) is 0 Å². The summed E-state index contributed by atoms with van der Waals surface area (Å²) in [6.07, 6.45) is 0. The summed E-state index contributed by atoms with van der Waals surface area (Å²) in [7, 11) is 1.33. The van der Waals surface area contributed by atoms with Gasteiger partial charge in [-0.15, -0.1) is 0 Å². The second-order valence-corrected chi connectivity index (χ2v) is 4.05. The zero-order valence-electron chi connectivity index (χ0n) is 10.9. The van der Waals surface area contributed by atoms with Crippen LogP contribution in [0.1, 0.15) is 21.7 Å². The SMILES string of the molecule is COC(=O)c1ccc(OCc2ccccc2)c(C)n1. The second-order valence-electron chi connectivity index (χ2n) is 4.05. The first kappa shape index (κ1) is 13.1. The number of hydrogen-bond acceptors (Lipinski definition) is 4. The molecule has 0 N–H and O–H groups in total. The van der Waals surface area contributed by atoms with Crippen molar-refractivity contribution in [2.45, 2.75) is 13.5 Å². The fraction of sp³-hybridized carbons (Fsp3) is 0.200. The highest BCUT2D eigenvalue weighted by molar-refractivity contribution is 5.87. The molecule has 4 nitrogen and oxygen atoms in total. The van der Waals surface area contributed by atoms with Crippen molar-refractivity contribution in [2.24, 2.45) is 0 Å². The van der Waals surface area contributed by atoms with Crippen LogP contribution in [0.4, 0.5) is 0 Å². The van der Waals surface area contributed by atoms with Gasteiger partial charge in [-0.1, -0.05) is 30.3 Å². The van der Waals surface area contributed by atoms with Crippen LogP contribution in [0, 0.1) is 6.92 Å².